The first-order valence-electron chi connectivity index (χ1n) is 3.99. The van der Waals surface area contributed by atoms with E-state index in [1.807, 2.05) is 0 Å². The van der Waals surface area contributed by atoms with Crippen LogP contribution in [0.1, 0.15) is 27.2 Å². The fourth-order valence-corrected chi connectivity index (χ4v) is 0.666. The highest BCUT2D eigenvalue weighted by atomic mass is 35.5. The van der Waals surface area contributed by atoms with Gasteiger partial charge in [-0.25, -0.2) is 8.78 Å². The molecule has 0 saturated carbocycles. The molecule has 0 aromatic rings. The minimum absolute atomic E-state index is 0. The van der Waals surface area contributed by atoms with E-state index in [1.54, 1.807) is 20.8 Å². The molecular weight excluding hydrogens is 216 g/mol. The van der Waals surface area contributed by atoms with Gasteiger partial charge in [0.2, 0.25) is 6.43 Å². The molecule has 0 fully saturated rings. The Labute approximate surface area is 88.4 Å². The van der Waals surface area contributed by atoms with Crippen molar-refractivity contribution in [1.82, 2.24) is 0 Å². The van der Waals surface area contributed by atoms with Crippen LogP contribution in [0.15, 0.2) is 0 Å². The first-order chi connectivity index (χ1) is 5.72. The van der Waals surface area contributed by atoms with Crippen LogP contribution >= 0.6 is 12.4 Å². The highest BCUT2D eigenvalue weighted by Gasteiger charge is 2.24. The Balaban J connectivity index is 0. The predicted octanol–water partition coefficient (Wildman–Crippen LogP) is 1.73. The van der Waals surface area contributed by atoms with E-state index in [0.717, 1.165) is 0 Å². The number of esters is 1. The van der Waals surface area contributed by atoms with E-state index in [9.17, 15) is 13.6 Å². The van der Waals surface area contributed by atoms with Crippen LogP contribution < -0.4 is 5.73 Å². The maximum absolute atomic E-state index is 11.8. The molecule has 0 aromatic carbocycles. The summed E-state index contributed by atoms with van der Waals surface area (Å²) in [4.78, 5) is 11.0. The van der Waals surface area contributed by atoms with Crippen molar-refractivity contribution in [2.75, 3.05) is 0 Å². The van der Waals surface area contributed by atoms with Gasteiger partial charge in [-0.05, 0) is 20.8 Å². The van der Waals surface area contributed by atoms with Crippen molar-refractivity contribution in [2.24, 2.45) is 5.73 Å². The number of ether oxygens (including phenoxy) is 1. The van der Waals surface area contributed by atoms with Gasteiger partial charge >= 0.3 is 5.97 Å². The number of carbonyl (C=O) groups is 1. The number of halogens is 3. The molecule has 0 aliphatic rings. The zero-order valence-electron chi connectivity index (χ0n) is 8.42. The zero-order valence-corrected chi connectivity index (χ0v) is 9.24. The van der Waals surface area contributed by atoms with Crippen LogP contribution in [0.4, 0.5) is 8.78 Å². The maximum atomic E-state index is 11.8. The van der Waals surface area contributed by atoms with E-state index in [2.05, 4.69) is 0 Å². The summed E-state index contributed by atoms with van der Waals surface area (Å²) in [5.74, 6) is -0.784. The van der Waals surface area contributed by atoms with Crippen molar-refractivity contribution in [1.29, 1.82) is 0 Å². The second-order valence-corrected chi connectivity index (χ2v) is 3.77. The summed E-state index contributed by atoms with van der Waals surface area (Å²) in [5, 5.41) is 0. The SMILES string of the molecule is CC(C)(C)OC(=O)C(N)CC(F)F.Cl. The van der Waals surface area contributed by atoms with Crippen LogP contribution in [0.3, 0.4) is 0 Å². The summed E-state index contributed by atoms with van der Waals surface area (Å²) in [6.07, 6.45) is -3.24. The lowest BCUT2D eigenvalue weighted by Gasteiger charge is -2.21. The molecule has 0 aromatic heterocycles. The van der Waals surface area contributed by atoms with Crippen molar-refractivity contribution < 1.29 is 18.3 Å². The van der Waals surface area contributed by atoms with Crippen LogP contribution in [0.25, 0.3) is 0 Å². The van der Waals surface area contributed by atoms with Crippen molar-refractivity contribution in [3.63, 3.8) is 0 Å². The maximum Gasteiger partial charge on any atom is 0.323 e. The summed E-state index contributed by atoms with van der Waals surface area (Å²) in [6, 6.07) is -1.24. The molecule has 6 heteroatoms. The van der Waals surface area contributed by atoms with Crippen molar-refractivity contribution >= 4 is 18.4 Å². The van der Waals surface area contributed by atoms with Crippen LogP contribution in [0, 0.1) is 0 Å². The molecule has 0 radical (unpaired) electrons. The molecule has 0 bridgehead atoms. The second kappa shape index (κ2) is 6.14. The Hall–Kier alpha value is -0.420. The molecule has 0 aliphatic carbocycles. The topological polar surface area (TPSA) is 52.3 Å². The fraction of sp³-hybridized carbons (Fsp3) is 0.875. The lowest BCUT2D eigenvalue weighted by Crippen LogP contribution is -2.38. The van der Waals surface area contributed by atoms with Gasteiger partial charge in [0, 0.05) is 6.42 Å². The molecule has 0 amide bonds. The molecule has 0 rings (SSSR count). The minimum atomic E-state index is -2.58. The van der Waals surface area contributed by atoms with E-state index in [1.165, 1.54) is 0 Å². The largest absolute Gasteiger partial charge is 0.459 e. The number of hydrogen-bond donors (Lipinski definition) is 1. The molecule has 1 atom stereocenters. The molecule has 0 aliphatic heterocycles. The molecule has 14 heavy (non-hydrogen) atoms. The highest BCUT2D eigenvalue weighted by Crippen LogP contribution is 2.10. The summed E-state index contributed by atoms with van der Waals surface area (Å²) >= 11 is 0. The third-order valence-corrected chi connectivity index (χ3v) is 1.14. The standard InChI is InChI=1S/C8H15F2NO2.ClH/c1-8(2,3)13-7(12)5(11)4-6(9)10;/h5-6H,4,11H2,1-3H3;1H. The van der Waals surface area contributed by atoms with Gasteiger partial charge in [0.05, 0.1) is 0 Å². The van der Waals surface area contributed by atoms with Crippen molar-refractivity contribution in [2.45, 2.75) is 45.3 Å². The van der Waals surface area contributed by atoms with Gasteiger partial charge in [-0.3, -0.25) is 4.79 Å². The fourth-order valence-electron chi connectivity index (χ4n) is 0.666. The number of rotatable bonds is 3. The number of alkyl halides is 2. The lowest BCUT2D eigenvalue weighted by atomic mass is 10.1. The molecule has 2 N–H and O–H groups in total. The summed E-state index contributed by atoms with van der Waals surface area (Å²) < 4.78 is 28.4. The van der Waals surface area contributed by atoms with Gasteiger partial charge < -0.3 is 10.5 Å². The molecule has 86 valence electrons. The second-order valence-electron chi connectivity index (χ2n) is 3.77. The van der Waals surface area contributed by atoms with Gasteiger partial charge in [0.15, 0.2) is 0 Å². The van der Waals surface area contributed by atoms with E-state index in [-0.39, 0.29) is 12.4 Å². The Morgan fingerprint density at radius 2 is 1.86 bits per heavy atom. The summed E-state index contributed by atoms with van der Waals surface area (Å²) in [7, 11) is 0. The van der Waals surface area contributed by atoms with Gasteiger partial charge in [0.25, 0.3) is 0 Å². The van der Waals surface area contributed by atoms with Gasteiger partial charge in [-0.1, -0.05) is 0 Å². The Morgan fingerprint density at radius 3 is 2.14 bits per heavy atom. The molecular formula is C8H16ClF2NO2. The van der Waals surface area contributed by atoms with E-state index in [0.29, 0.717) is 0 Å². The lowest BCUT2D eigenvalue weighted by molar-refractivity contribution is -0.157. The zero-order chi connectivity index (χ0) is 10.6. The summed E-state index contributed by atoms with van der Waals surface area (Å²) in [6.45, 7) is 4.96. The van der Waals surface area contributed by atoms with Crippen molar-refractivity contribution in [3.05, 3.63) is 0 Å². The molecule has 3 nitrogen and oxygen atoms in total. The molecule has 1 unspecified atom stereocenters. The van der Waals surface area contributed by atoms with Gasteiger partial charge in [-0.15, -0.1) is 12.4 Å². The first kappa shape index (κ1) is 16.0. The average molecular weight is 232 g/mol. The quantitative estimate of drug-likeness (QED) is 0.753. The smallest absolute Gasteiger partial charge is 0.323 e. The Kier molecular flexibility index (Phi) is 7.02. The third-order valence-electron chi connectivity index (χ3n) is 1.14. The van der Waals surface area contributed by atoms with E-state index >= 15 is 0 Å². The molecule has 0 heterocycles. The average Bonchev–Trinajstić information content (AvgIpc) is 1.81. The van der Waals surface area contributed by atoms with Gasteiger partial charge in [0.1, 0.15) is 11.6 Å². The van der Waals surface area contributed by atoms with Crippen LogP contribution in [0.5, 0.6) is 0 Å². The molecule has 0 spiro atoms. The Morgan fingerprint density at radius 1 is 1.43 bits per heavy atom. The minimum Gasteiger partial charge on any atom is -0.459 e. The van der Waals surface area contributed by atoms with Crippen LogP contribution in [-0.4, -0.2) is 24.0 Å². The monoisotopic (exact) mass is 231 g/mol. The number of hydrogen-bond acceptors (Lipinski definition) is 3. The summed E-state index contributed by atoms with van der Waals surface area (Å²) in [5.41, 5.74) is 4.49. The normalized spacial score (nSPS) is 13.4. The van der Waals surface area contributed by atoms with E-state index < -0.39 is 30.5 Å². The van der Waals surface area contributed by atoms with E-state index in [4.69, 9.17) is 10.5 Å². The number of nitrogens with two attached hydrogens (primary N) is 1. The predicted molar refractivity (Wildman–Crippen MR) is 51.7 cm³/mol. The van der Waals surface area contributed by atoms with Gasteiger partial charge in [-0.2, -0.15) is 0 Å². The highest BCUT2D eigenvalue weighted by molar-refractivity contribution is 5.85. The molecule has 0 saturated heterocycles. The first-order valence-corrected chi connectivity index (χ1v) is 3.99. The third kappa shape index (κ3) is 8.19. The van der Waals surface area contributed by atoms with Crippen LogP contribution in [-0.2, 0) is 9.53 Å². The Bertz CT molecular complexity index is 183. The van der Waals surface area contributed by atoms with Crippen LogP contribution in [0.2, 0.25) is 0 Å². The number of carbonyl (C=O) groups excluding carboxylic acids is 1. The van der Waals surface area contributed by atoms with Crippen molar-refractivity contribution in [3.8, 4) is 0 Å².